The minimum atomic E-state index is 0.0000463. The molecule has 1 fully saturated rings. The van der Waals surface area contributed by atoms with Crippen molar-refractivity contribution in [2.24, 2.45) is 0 Å². The van der Waals surface area contributed by atoms with Crippen LogP contribution in [0, 0.1) is 6.92 Å². The monoisotopic (exact) mass is 276 g/mol. The topological polar surface area (TPSA) is 50.4 Å². The maximum atomic E-state index is 12.4. The molecule has 1 aliphatic heterocycles. The van der Waals surface area contributed by atoms with E-state index < -0.39 is 0 Å². The smallest absolute Gasteiger partial charge is 0.253 e. The number of benzene rings is 1. The predicted octanol–water partition coefficient (Wildman–Crippen LogP) is 2.72. The molecule has 1 aliphatic rings. The van der Waals surface area contributed by atoms with E-state index in [0.29, 0.717) is 0 Å². The fourth-order valence-corrected chi connectivity index (χ4v) is 2.59. The van der Waals surface area contributed by atoms with E-state index in [4.69, 9.17) is 4.74 Å². The highest BCUT2D eigenvalue weighted by molar-refractivity contribution is 5.99. The second-order valence-electron chi connectivity index (χ2n) is 5.46. The first-order valence-corrected chi connectivity index (χ1v) is 7.37. The molecule has 20 heavy (non-hydrogen) atoms. The van der Waals surface area contributed by atoms with Gasteiger partial charge in [0.15, 0.2) is 0 Å². The van der Waals surface area contributed by atoms with Crippen LogP contribution in [0.2, 0.25) is 0 Å². The van der Waals surface area contributed by atoms with Gasteiger partial charge < -0.3 is 15.4 Å². The first kappa shape index (κ1) is 14.9. The number of hydrogen-bond donors (Lipinski definition) is 2. The van der Waals surface area contributed by atoms with Gasteiger partial charge in [-0.2, -0.15) is 0 Å². The lowest BCUT2D eigenvalue weighted by atomic mass is 10.0. The lowest BCUT2D eigenvalue weighted by molar-refractivity contribution is 0.0137. The van der Waals surface area contributed by atoms with Crippen LogP contribution in [0.1, 0.15) is 42.6 Å². The summed E-state index contributed by atoms with van der Waals surface area (Å²) in [6.07, 6.45) is 1.99. The van der Waals surface area contributed by atoms with E-state index in [1.807, 2.05) is 39.0 Å². The molecule has 1 aromatic carbocycles. The average molecular weight is 276 g/mol. The van der Waals surface area contributed by atoms with Crippen molar-refractivity contribution < 1.29 is 9.53 Å². The van der Waals surface area contributed by atoms with E-state index in [-0.39, 0.29) is 18.1 Å². The van der Waals surface area contributed by atoms with Gasteiger partial charge in [-0.3, -0.25) is 4.79 Å². The number of hydrogen-bond acceptors (Lipinski definition) is 3. The van der Waals surface area contributed by atoms with Crippen LogP contribution in [-0.2, 0) is 4.74 Å². The lowest BCUT2D eigenvalue weighted by Gasteiger charge is -2.28. The Balaban J connectivity index is 2.08. The van der Waals surface area contributed by atoms with Crippen molar-refractivity contribution in [3.05, 3.63) is 29.3 Å². The van der Waals surface area contributed by atoms with Gasteiger partial charge in [-0.1, -0.05) is 6.07 Å². The van der Waals surface area contributed by atoms with Crippen LogP contribution in [0.5, 0.6) is 0 Å². The molecular weight excluding hydrogens is 252 g/mol. The zero-order chi connectivity index (χ0) is 14.5. The molecular formula is C16H24N2O2. The van der Waals surface area contributed by atoms with Crippen LogP contribution < -0.4 is 10.6 Å². The summed E-state index contributed by atoms with van der Waals surface area (Å²) in [5.41, 5.74) is 2.78. The molecule has 1 aromatic rings. The van der Waals surface area contributed by atoms with Crippen LogP contribution in [0.3, 0.4) is 0 Å². The molecule has 0 saturated carbocycles. The van der Waals surface area contributed by atoms with Crippen molar-refractivity contribution in [2.45, 2.75) is 45.8 Å². The lowest BCUT2D eigenvalue weighted by Crippen LogP contribution is -2.41. The summed E-state index contributed by atoms with van der Waals surface area (Å²) in [6, 6.07) is 6.10. The molecule has 0 radical (unpaired) electrons. The predicted molar refractivity (Wildman–Crippen MR) is 81.2 cm³/mol. The Kier molecular flexibility index (Phi) is 5.01. The first-order valence-electron chi connectivity index (χ1n) is 7.37. The Morgan fingerprint density at radius 3 is 2.95 bits per heavy atom. The van der Waals surface area contributed by atoms with E-state index in [1.165, 1.54) is 0 Å². The molecule has 4 heteroatoms. The number of carbonyl (C=O) groups excluding carboxylic acids is 1. The highest BCUT2D eigenvalue weighted by atomic mass is 16.5. The Morgan fingerprint density at radius 2 is 2.25 bits per heavy atom. The largest absolute Gasteiger partial charge is 0.385 e. The number of rotatable bonds is 4. The standard InChI is InChI=1S/C16H24N2O2/c1-4-17-15-9-11(2)5-6-14(15)16(19)18-13-7-8-20-12(3)10-13/h5-6,9,12-13,17H,4,7-8,10H2,1-3H3,(H,18,19). The third kappa shape index (κ3) is 3.73. The summed E-state index contributed by atoms with van der Waals surface area (Å²) in [6.45, 7) is 7.64. The maximum Gasteiger partial charge on any atom is 0.253 e. The van der Waals surface area contributed by atoms with Crippen molar-refractivity contribution >= 4 is 11.6 Å². The SMILES string of the molecule is CCNc1cc(C)ccc1C(=O)NC1CCOC(C)C1. The Morgan fingerprint density at radius 1 is 1.45 bits per heavy atom. The summed E-state index contributed by atoms with van der Waals surface area (Å²) in [5.74, 6) is 0.0000463. The molecule has 0 bridgehead atoms. The van der Waals surface area contributed by atoms with E-state index in [1.54, 1.807) is 0 Å². The number of carbonyl (C=O) groups is 1. The van der Waals surface area contributed by atoms with Gasteiger partial charge in [0, 0.05) is 24.9 Å². The molecule has 110 valence electrons. The van der Waals surface area contributed by atoms with Crippen molar-refractivity contribution in [1.29, 1.82) is 0 Å². The Labute approximate surface area is 120 Å². The van der Waals surface area contributed by atoms with Gasteiger partial charge in [-0.15, -0.1) is 0 Å². The minimum Gasteiger partial charge on any atom is -0.385 e. The van der Waals surface area contributed by atoms with Crippen molar-refractivity contribution in [3.63, 3.8) is 0 Å². The minimum absolute atomic E-state index is 0.0000463. The summed E-state index contributed by atoms with van der Waals surface area (Å²) in [5, 5.41) is 6.38. The summed E-state index contributed by atoms with van der Waals surface area (Å²) >= 11 is 0. The molecule has 1 saturated heterocycles. The summed E-state index contributed by atoms with van der Waals surface area (Å²) in [4.78, 5) is 12.4. The Bertz CT molecular complexity index is 474. The highest BCUT2D eigenvalue weighted by Gasteiger charge is 2.22. The van der Waals surface area contributed by atoms with E-state index in [9.17, 15) is 4.79 Å². The number of amides is 1. The zero-order valence-electron chi connectivity index (χ0n) is 12.5. The molecule has 2 rings (SSSR count). The van der Waals surface area contributed by atoms with Gasteiger partial charge in [0.1, 0.15) is 0 Å². The van der Waals surface area contributed by atoms with Gasteiger partial charge in [-0.25, -0.2) is 0 Å². The second kappa shape index (κ2) is 6.75. The molecule has 1 heterocycles. The molecule has 2 unspecified atom stereocenters. The van der Waals surface area contributed by atoms with Crippen LogP contribution in [0.4, 0.5) is 5.69 Å². The van der Waals surface area contributed by atoms with Crippen LogP contribution >= 0.6 is 0 Å². The third-order valence-electron chi connectivity index (χ3n) is 3.61. The summed E-state index contributed by atoms with van der Waals surface area (Å²) in [7, 11) is 0. The van der Waals surface area contributed by atoms with Crippen molar-refractivity contribution in [2.75, 3.05) is 18.5 Å². The normalized spacial score (nSPS) is 22.4. The third-order valence-corrected chi connectivity index (χ3v) is 3.61. The van der Waals surface area contributed by atoms with E-state index in [0.717, 1.165) is 42.8 Å². The average Bonchev–Trinajstić information content (AvgIpc) is 2.39. The second-order valence-corrected chi connectivity index (χ2v) is 5.46. The van der Waals surface area contributed by atoms with Crippen LogP contribution in [-0.4, -0.2) is 31.2 Å². The highest BCUT2D eigenvalue weighted by Crippen LogP contribution is 2.19. The Hall–Kier alpha value is -1.55. The maximum absolute atomic E-state index is 12.4. The van der Waals surface area contributed by atoms with Gasteiger partial charge in [0.25, 0.3) is 5.91 Å². The number of aryl methyl sites for hydroxylation is 1. The fraction of sp³-hybridized carbons (Fsp3) is 0.562. The molecule has 2 N–H and O–H groups in total. The van der Waals surface area contributed by atoms with Crippen molar-refractivity contribution in [3.8, 4) is 0 Å². The number of anilines is 1. The van der Waals surface area contributed by atoms with Crippen LogP contribution in [0.25, 0.3) is 0 Å². The number of nitrogens with one attached hydrogen (secondary N) is 2. The van der Waals surface area contributed by atoms with Gasteiger partial charge >= 0.3 is 0 Å². The fourth-order valence-electron chi connectivity index (χ4n) is 2.59. The van der Waals surface area contributed by atoms with E-state index in [2.05, 4.69) is 10.6 Å². The molecule has 0 aromatic heterocycles. The van der Waals surface area contributed by atoms with E-state index >= 15 is 0 Å². The molecule has 1 amide bonds. The zero-order valence-corrected chi connectivity index (χ0v) is 12.5. The summed E-state index contributed by atoms with van der Waals surface area (Å²) < 4.78 is 5.51. The molecule has 2 atom stereocenters. The van der Waals surface area contributed by atoms with Gasteiger partial charge in [0.2, 0.25) is 0 Å². The molecule has 0 spiro atoms. The molecule has 4 nitrogen and oxygen atoms in total. The molecule has 0 aliphatic carbocycles. The first-order chi connectivity index (χ1) is 9.60. The quantitative estimate of drug-likeness (QED) is 0.889. The van der Waals surface area contributed by atoms with Gasteiger partial charge in [-0.05, 0) is 51.3 Å². The number of ether oxygens (including phenoxy) is 1. The van der Waals surface area contributed by atoms with Gasteiger partial charge in [0.05, 0.1) is 11.7 Å². The van der Waals surface area contributed by atoms with Crippen LogP contribution in [0.15, 0.2) is 18.2 Å². The van der Waals surface area contributed by atoms with Crippen molar-refractivity contribution in [1.82, 2.24) is 5.32 Å².